The van der Waals surface area contributed by atoms with E-state index in [1.54, 1.807) is 17.7 Å². The second-order valence-corrected chi connectivity index (χ2v) is 7.76. The van der Waals surface area contributed by atoms with Gasteiger partial charge in [-0.05, 0) is 12.1 Å². The zero-order valence-corrected chi connectivity index (χ0v) is 12.7. The van der Waals surface area contributed by atoms with Crippen molar-refractivity contribution in [2.24, 2.45) is 5.92 Å². The Morgan fingerprint density at radius 3 is 2.43 bits per heavy atom. The van der Waals surface area contributed by atoms with Gasteiger partial charge in [-0.2, -0.15) is 0 Å². The standard InChI is InChI=1S/C13H13NO5S2/c1-8-7-10(15)11(13(17)20-8)12(16)14-21(18,19)9-5-3-2-4-6-9/h2-6,8,11H,7H2,1H3,(H,14,16). The number of ketones is 1. The molecule has 0 aliphatic carbocycles. The lowest BCUT2D eigenvalue weighted by atomic mass is 10.0. The summed E-state index contributed by atoms with van der Waals surface area (Å²) < 4.78 is 25.8. The highest BCUT2D eigenvalue weighted by atomic mass is 32.2. The van der Waals surface area contributed by atoms with Crippen LogP contribution in [0.5, 0.6) is 0 Å². The molecule has 2 rings (SSSR count). The minimum absolute atomic E-state index is 0.0693. The van der Waals surface area contributed by atoms with Crippen LogP contribution in [0.1, 0.15) is 13.3 Å². The van der Waals surface area contributed by atoms with Crippen molar-refractivity contribution in [3.63, 3.8) is 0 Å². The van der Waals surface area contributed by atoms with Gasteiger partial charge in [-0.15, -0.1) is 0 Å². The Balaban J connectivity index is 2.18. The molecule has 1 N–H and O–H groups in total. The van der Waals surface area contributed by atoms with E-state index in [-0.39, 0.29) is 16.6 Å². The van der Waals surface area contributed by atoms with Crippen molar-refractivity contribution in [2.45, 2.75) is 23.5 Å². The molecule has 1 heterocycles. The maximum atomic E-state index is 12.0. The number of carbonyl (C=O) groups is 3. The van der Waals surface area contributed by atoms with Crippen LogP contribution in [0.2, 0.25) is 0 Å². The van der Waals surface area contributed by atoms with E-state index >= 15 is 0 Å². The number of hydrogen-bond acceptors (Lipinski definition) is 6. The van der Waals surface area contributed by atoms with E-state index in [0.29, 0.717) is 0 Å². The molecule has 0 aromatic heterocycles. The van der Waals surface area contributed by atoms with Gasteiger partial charge in [0.15, 0.2) is 11.7 Å². The van der Waals surface area contributed by atoms with Crippen LogP contribution in [-0.4, -0.2) is 30.5 Å². The molecule has 1 amide bonds. The van der Waals surface area contributed by atoms with Crippen molar-refractivity contribution in [3.05, 3.63) is 30.3 Å². The molecule has 6 nitrogen and oxygen atoms in total. The van der Waals surface area contributed by atoms with E-state index in [9.17, 15) is 22.8 Å². The van der Waals surface area contributed by atoms with Crippen molar-refractivity contribution in [2.75, 3.05) is 0 Å². The van der Waals surface area contributed by atoms with E-state index < -0.39 is 32.7 Å². The summed E-state index contributed by atoms with van der Waals surface area (Å²) in [6, 6.07) is 7.28. The molecule has 0 bridgehead atoms. The average molecular weight is 327 g/mol. The topological polar surface area (TPSA) is 97.4 Å². The van der Waals surface area contributed by atoms with E-state index in [2.05, 4.69) is 0 Å². The van der Waals surface area contributed by atoms with Crippen molar-refractivity contribution in [1.82, 2.24) is 4.72 Å². The number of benzene rings is 1. The number of amides is 1. The fraction of sp³-hybridized carbons (Fsp3) is 0.308. The Kier molecular flexibility index (Phi) is 4.48. The molecule has 1 aliphatic heterocycles. The second-order valence-electron chi connectivity index (χ2n) is 4.63. The smallest absolute Gasteiger partial charge is 0.264 e. The third-order valence-electron chi connectivity index (χ3n) is 2.91. The van der Waals surface area contributed by atoms with Gasteiger partial charge in [-0.1, -0.05) is 36.9 Å². The highest BCUT2D eigenvalue weighted by Crippen LogP contribution is 2.28. The average Bonchev–Trinajstić information content (AvgIpc) is 2.37. The first-order valence-electron chi connectivity index (χ1n) is 6.16. The van der Waals surface area contributed by atoms with Gasteiger partial charge in [-0.3, -0.25) is 14.4 Å². The van der Waals surface area contributed by atoms with Crippen LogP contribution in [0.3, 0.4) is 0 Å². The van der Waals surface area contributed by atoms with Gasteiger partial charge in [0.1, 0.15) is 0 Å². The predicted molar refractivity (Wildman–Crippen MR) is 76.9 cm³/mol. The molecule has 1 fully saturated rings. The molecule has 2 unspecified atom stereocenters. The molecule has 1 aromatic rings. The minimum Gasteiger partial charge on any atom is -0.298 e. The summed E-state index contributed by atoms with van der Waals surface area (Å²) in [7, 11) is -4.08. The zero-order valence-electron chi connectivity index (χ0n) is 11.1. The number of hydrogen-bond donors (Lipinski definition) is 1. The van der Waals surface area contributed by atoms with Crippen LogP contribution < -0.4 is 4.72 Å². The molecule has 2 atom stereocenters. The SMILES string of the molecule is CC1CC(=O)C(C(=O)NS(=O)(=O)c2ccccc2)C(=O)S1. The van der Waals surface area contributed by atoms with E-state index in [0.717, 1.165) is 11.8 Å². The summed E-state index contributed by atoms with van der Waals surface area (Å²) in [5.74, 6) is -3.19. The lowest BCUT2D eigenvalue weighted by molar-refractivity contribution is -0.137. The second kappa shape index (κ2) is 5.98. The fourth-order valence-electron chi connectivity index (χ4n) is 1.94. The molecule has 1 aliphatic rings. The van der Waals surface area contributed by atoms with Gasteiger partial charge >= 0.3 is 0 Å². The van der Waals surface area contributed by atoms with Gasteiger partial charge in [0.25, 0.3) is 15.9 Å². The first-order chi connectivity index (χ1) is 9.81. The van der Waals surface area contributed by atoms with Crippen molar-refractivity contribution in [1.29, 1.82) is 0 Å². The Labute approximate surface area is 126 Å². The summed E-state index contributed by atoms with van der Waals surface area (Å²) in [5.41, 5.74) is 0. The molecule has 21 heavy (non-hydrogen) atoms. The number of thioether (sulfide) groups is 1. The van der Waals surface area contributed by atoms with Gasteiger partial charge in [-0.25, -0.2) is 13.1 Å². The van der Waals surface area contributed by atoms with E-state index in [1.165, 1.54) is 24.3 Å². The number of rotatable bonds is 3. The molecule has 0 radical (unpaired) electrons. The molecule has 0 spiro atoms. The number of nitrogens with one attached hydrogen (secondary N) is 1. The molecule has 0 saturated carbocycles. The number of sulfonamides is 1. The maximum absolute atomic E-state index is 12.0. The molecule has 1 saturated heterocycles. The Hall–Kier alpha value is -1.67. The van der Waals surface area contributed by atoms with E-state index in [1.807, 2.05) is 0 Å². The van der Waals surface area contributed by atoms with Crippen molar-refractivity contribution in [3.8, 4) is 0 Å². The Morgan fingerprint density at radius 1 is 1.24 bits per heavy atom. The monoisotopic (exact) mass is 327 g/mol. The fourth-order valence-corrected chi connectivity index (χ4v) is 3.98. The third-order valence-corrected chi connectivity index (χ3v) is 5.31. The third kappa shape index (κ3) is 3.51. The molecular formula is C13H13NO5S2. The predicted octanol–water partition coefficient (Wildman–Crippen LogP) is 0.729. The van der Waals surface area contributed by atoms with Crippen molar-refractivity contribution >= 4 is 38.6 Å². The lowest BCUT2D eigenvalue weighted by Gasteiger charge is -2.22. The normalized spacial score (nSPS) is 22.9. The summed E-state index contributed by atoms with van der Waals surface area (Å²) in [5, 5.41) is -0.806. The molecule has 1 aromatic carbocycles. The zero-order chi connectivity index (χ0) is 15.6. The van der Waals surface area contributed by atoms with Crippen LogP contribution in [-0.2, 0) is 24.4 Å². The van der Waals surface area contributed by atoms with Crippen LogP contribution in [0.25, 0.3) is 0 Å². The largest absolute Gasteiger partial charge is 0.298 e. The first-order valence-corrected chi connectivity index (χ1v) is 8.52. The summed E-state index contributed by atoms with van der Waals surface area (Å²) in [6.07, 6.45) is 0.0693. The Bertz CT molecular complexity index is 666. The highest BCUT2D eigenvalue weighted by molar-refractivity contribution is 8.14. The van der Waals surface area contributed by atoms with Crippen LogP contribution in [0.4, 0.5) is 0 Å². The summed E-state index contributed by atoms with van der Waals surface area (Å²) >= 11 is 0.888. The van der Waals surface area contributed by atoms with Gasteiger partial charge in [0, 0.05) is 11.7 Å². The maximum Gasteiger partial charge on any atom is 0.264 e. The molecular weight excluding hydrogens is 314 g/mol. The lowest BCUT2D eigenvalue weighted by Crippen LogP contribution is -2.44. The quantitative estimate of drug-likeness (QED) is 0.822. The molecule has 8 heteroatoms. The van der Waals surface area contributed by atoms with Crippen molar-refractivity contribution < 1.29 is 22.8 Å². The van der Waals surface area contributed by atoms with Gasteiger partial charge < -0.3 is 0 Å². The van der Waals surface area contributed by atoms with Crippen LogP contribution >= 0.6 is 11.8 Å². The first kappa shape index (κ1) is 15.7. The summed E-state index contributed by atoms with van der Waals surface area (Å²) in [4.78, 5) is 35.4. The summed E-state index contributed by atoms with van der Waals surface area (Å²) in [6.45, 7) is 1.70. The molecule has 112 valence electrons. The highest BCUT2D eigenvalue weighted by Gasteiger charge is 2.41. The van der Waals surface area contributed by atoms with Gasteiger partial charge in [0.2, 0.25) is 5.12 Å². The van der Waals surface area contributed by atoms with Gasteiger partial charge in [0.05, 0.1) is 4.90 Å². The number of carbonyl (C=O) groups excluding carboxylic acids is 3. The van der Waals surface area contributed by atoms with E-state index in [4.69, 9.17) is 0 Å². The Morgan fingerprint density at radius 2 is 1.86 bits per heavy atom. The number of Topliss-reactive ketones (excluding diaryl/α,β-unsaturated/α-hetero) is 1. The van der Waals surface area contributed by atoms with Crippen LogP contribution in [0.15, 0.2) is 35.2 Å². The van der Waals surface area contributed by atoms with Crippen LogP contribution in [0, 0.1) is 5.92 Å². The minimum atomic E-state index is -4.08.